The van der Waals surface area contributed by atoms with Gasteiger partial charge in [-0.1, -0.05) is 24.3 Å². The van der Waals surface area contributed by atoms with Crippen molar-refractivity contribution in [3.8, 4) is 0 Å². The van der Waals surface area contributed by atoms with Crippen LogP contribution < -0.4 is 10.2 Å². The minimum atomic E-state index is -0.341. The monoisotopic (exact) mass is 319 g/mol. The van der Waals surface area contributed by atoms with Crippen molar-refractivity contribution >= 4 is 34.1 Å². The van der Waals surface area contributed by atoms with E-state index >= 15 is 0 Å². The van der Waals surface area contributed by atoms with Crippen LogP contribution in [-0.2, 0) is 9.59 Å². The molecule has 0 bridgehead atoms. The number of hydrogen-bond donors (Lipinski definition) is 2. The fourth-order valence-electron chi connectivity index (χ4n) is 3.17. The quantitative estimate of drug-likeness (QED) is 0.779. The zero-order valence-electron chi connectivity index (χ0n) is 13.0. The first-order valence-corrected chi connectivity index (χ1v) is 7.95. The zero-order valence-corrected chi connectivity index (χ0v) is 13.0. The summed E-state index contributed by atoms with van der Waals surface area (Å²) < 4.78 is 0. The highest BCUT2D eigenvalue weighted by Gasteiger charge is 2.35. The highest BCUT2D eigenvalue weighted by molar-refractivity contribution is 6.06. The number of nitrogens with zero attached hydrogens (tertiary/aromatic N) is 1. The van der Waals surface area contributed by atoms with Crippen molar-refractivity contribution in [1.29, 1.82) is 0 Å². The van der Waals surface area contributed by atoms with Crippen LogP contribution in [0, 0.1) is 5.92 Å². The predicted octanol–water partition coefficient (Wildman–Crippen LogP) is 3.16. The highest BCUT2D eigenvalue weighted by atomic mass is 16.2. The molecule has 1 aliphatic heterocycles. The summed E-state index contributed by atoms with van der Waals surface area (Å²) >= 11 is 0. The van der Waals surface area contributed by atoms with Gasteiger partial charge < -0.3 is 15.2 Å². The van der Waals surface area contributed by atoms with Crippen molar-refractivity contribution in [2.24, 2.45) is 5.92 Å². The Kier molecular flexibility index (Phi) is 3.54. The summed E-state index contributed by atoms with van der Waals surface area (Å²) in [5.74, 6) is -0.469. The van der Waals surface area contributed by atoms with Gasteiger partial charge in [0, 0.05) is 35.8 Å². The third-order valence-corrected chi connectivity index (χ3v) is 4.42. The summed E-state index contributed by atoms with van der Waals surface area (Å²) in [6.07, 6.45) is 2.08. The number of benzene rings is 2. The maximum Gasteiger partial charge on any atom is 0.229 e. The first kappa shape index (κ1) is 14.5. The number of nitrogens with one attached hydrogen (secondary N) is 2. The average Bonchev–Trinajstić information content (AvgIpc) is 3.23. The van der Waals surface area contributed by atoms with Crippen LogP contribution in [0.5, 0.6) is 0 Å². The minimum Gasteiger partial charge on any atom is -0.361 e. The fourth-order valence-corrected chi connectivity index (χ4v) is 3.17. The van der Waals surface area contributed by atoms with E-state index in [-0.39, 0.29) is 24.2 Å². The van der Waals surface area contributed by atoms with E-state index in [2.05, 4.69) is 10.3 Å². The summed E-state index contributed by atoms with van der Waals surface area (Å²) in [5, 5.41) is 3.94. The Morgan fingerprint density at radius 1 is 1.08 bits per heavy atom. The summed E-state index contributed by atoms with van der Waals surface area (Å²) in [6.45, 7) is 0.414. The maximum absolute atomic E-state index is 12.6. The van der Waals surface area contributed by atoms with E-state index in [1.165, 1.54) is 0 Å². The molecule has 0 unspecified atom stereocenters. The molecule has 1 aliphatic rings. The van der Waals surface area contributed by atoms with Crippen molar-refractivity contribution in [2.75, 3.05) is 16.8 Å². The molecule has 1 atom stereocenters. The summed E-state index contributed by atoms with van der Waals surface area (Å²) in [4.78, 5) is 29.7. The SMILES string of the molecule is O=C(Nc1cccc2[nH]ccc12)[C@H]1CC(=O)N(c2ccccc2)C1. The van der Waals surface area contributed by atoms with Crippen LogP contribution >= 0.6 is 0 Å². The molecule has 1 aromatic heterocycles. The molecule has 0 spiro atoms. The van der Waals surface area contributed by atoms with Gasteiger partial charge in [-0.05, 0) is 30.3 Å². The van der Waals surface area contributed by atoms with E-state index in [0.29, 0.717) is 6.54 Å². The molecule has 2 aromatic carbocycles. The van der Waals surface area contributed by atoms with Gasteiger partial charge in [-0.25, -0.2) is 0 Å². The van der Waals surface area contributed by atoms with E-state index < -0.39 is 0 Å². The largest absolute Gasteiger partial charge is 0.361 e. The molecule has 0 saturated carbocycles. The van der Waals surface area contributed by atoms with Crippen LogP contribution in [0.25, 0.3) is 10.9 Å². The standard InChI is InChI=1S/C19H17N3O2/c23-18-11-13(12-22(18)14-5-2-1-3-6-14)19(24)21-17-8-4-7-16-15(17)9-10-20-16/h1-10,13,20H,11-12H2,(H,21,24)/t13-/m0/s1. The lowest BCUT2D eigenvalue weighted by Crippen LogP contribution is -2.28. The summed E-state index contributed by atoms with van der Waals surface area (Å²) in [6, 6.07) is 17.1. The van der Waals surface area contributed by atoms with Gasteiger partial charge in [0.05, 0.1) is 11.6 Å². The van der Waals surface area contributed by atoms with Gasteiger partial charge in [0.1, 0.15) is 0 Å². The number of aromatic amines is 1. The fraction of sp³-hybridized carbons (Fsp3) is 0.158. The van der Waals surface area contributed by atoms with Crippen molar-refractivity contribution in [3.05, 3.63) is 60.8 Å². The number of carbonyl (C=O) groups is 2. The lowest BCUT2D eigenvalue weighted by Gasteiger charge is -2.16. The van der Waals surface area contributed by atoms with Gasteiger partial charge in [0.25, 0.3) is 0 Å². The summed E-state index contributed by atoms with van der Waals surface area (Å²) in [5.41, 5.74) is 2.58. The third-order valence-electron chi connectivity index (χ3n) is 4.42. The van der Waals surface area contributed by atoms with Crippen LogP contribution in [0.15, 0.2) is 60.8 Å². The minimum absolute atomic E-state index is 0.0128. The van der Waals surface area contributed by atoms with Gasteiger partial charge in [0.15, 0.2) is 0 Å². The number of aromatic nitrogens is 1. The van der Waals surface area contributed by atoms with E-state index in [4.69, 9.17) is 0 Å². The molecular formula is C19H17N3O2. The predicted molar refractivity (Wildman–Crippen MR) is 93.8 cm³/mol. The van der Waals surface area contributed by atoms with E-state index in [0.717, 1.165) is 22.3 Å². The molecule has 2 amide bonds. The molecule has 0 radical (unpaired) electrons. The zero-order chi connectivity index (χ0) is 16.5. The Labute approximate surface area is 139 Å². The van der Waals surface area contributed by atoms with Crippen molar-refractivity contribution < 1.29 is 9.59 Å². The van der Waals surface area contributed by atoms with Gasteiger partial charge in [-0.3, -0.25) is 9.59 Å². The maximum atomic E-state index is 12.6. The second-order valence-electron chi connectivity index (χ2n) is 5.97. The molecule has 24 heavy (non-hydrogen) atoms. The number of para-hydroxylation sites is 1. The Hall–Kier alpha value is -3.08. The number of carbonyl (C=O) groups excluding carboxylic acids is 2. The van der Waals surface area contributed by atoms with E-state index in [1.54, 1.807) is 4.90 Å². The van der Waals surface area contributed by atoms with Gasteiger partial charge in [-0.15, -0.1) is 0 Å². The normalized spacial score (nSPS) is 17.4. The molecule has 5 heteroatoms. The van der Waals surface area contributed by atoms with E-state index in [9.17, 15) is 9.59 Å². The van der Waals surface area contributed by atoms with Crippen molar-refractivity contribution in [3.63, 3.8) is 0 Å². The Morgan fingerprint density at radius 3 is 2.75 bits per heavy atom. The Balaban J connectivity index is 1.52. The third kappa shape index (κ3) is 2.54. The lowest BCUT2D eigenvalue weighted by molar-refractivity contribution is -0.122. The molecular weight excluding hydrogens is 302 g/mol. The van der Waals surface area contributed by atoms with Gasteiger partial charge >= 0.3 is 0 Å². The molecule has 120 valence electrons. The van der Waals surface area contributed by atoms with Crippen LogP contribution in [0.4, 0.5) is 11.4 Å². The second-order valence-corrected chi connectivity index (χ2v) is 5.97. The molecule has 2 heterocycles. The van der Waals surface area contributed by atoms with Crippen molar-refractivity contribution in [2.45, 2.75) is 6.42 Å². The number of fused-ring (bicyclic) bond motifs is 1. The number of amides is 2. The van der Waals surface area contributed by atoms with Crippen LogP contribution in [0.2, 0.25) is 0 Å². The Morgan fingerprint density at radius 2 is 1.92 bits per heavy atom. The molecule has 1 fully saturated rings. The molecule has 1 saturated heterocycles. The first-order valence-electron chi connectivity index (χ1n) is 7.95. The number of H-pyrrole nitrogens is 1. The average molecular weight is 319 g/mol. The first-order chi connectivity index (χ1) is 11.7. The van der Waals surface area contributed by atoms with Gasteiger partial charge in [0.2, 0.25) is 11.8 Å². The summed E-state index contributed by atoms with van der Waals surface area (Å²) in [7, 11) is 0. The van der Waals surface area contributed by atoms with Crippen LogP contribution in [-0.4, -0.2) is 23.3 Å². The number of rotatable bonds is 3. The van der Waals surface area contributed by atoms with Gasteiger partial charge in [-0.2, -0.15) is 0 Å². The van der Waals surface area contributed by atoms with E-state index in [1.807, 2.05) is 60.8 Å². The van der Waals surface area contributed by atoms with Crippen LogP contribution in [0.3, 0.4) is 0 Å². The van der Waals surface area contributed by atoms with Crippen LogP contribution in [0.1, 0.15) is 6.42 Å². The molecule has 5 nitrogen and oxygen atoms in total. The lowest BCUT2D eigenvalue weighted by atomic mass is 10.1. The molecule has 2 N–H and O–H groups in total. The number of anilines is 2. The van der Waals surface area contributed by atoms with Crippen molar-refractivity contribution in [1.82, 2.24) is 4.98 Å². The molecule has 0 aliphatic carbocycles. The topological polar surface area (TPSA) is 65.2 Å². The smallest absolute Gasteiger partial charge is 0.229 e. The highest BCUT2D eigenvalue weighted by Crippen LogP contribution is 2.27. The Bertz CT molecular complexity index is 901. The second kappa shape index (κ2) is 5.85. The number of hydrogen-bond acceptors (Lipinski definition) is 2. The molecule has 3 aromatic rings. The molecule has 4 rings (SSSR count).